The second-order valence-electron chi connectivity index (χ2n) is 4.62. The molecule has 0 bridgehead atoms. The number of aromatic nitrogens is 3. The summed E-state index contributed by atoms with van der Waals surface area (Å²) < 4.78 is 25.7. The fourth-order valence-corrected chi connectivity index (χ4v) is 4.01. The average Bonchev–Trinajstić information content (AvgIpc) is 3.03. The second-order valence-corrected chi connectivity index (χ2v) is 7.42. The van der Waals surface area contributed by atoms with Crippen LogP contribution in [0.4, 0.5) is 0 Å². The largest absolute Gasteiger partial charge is 0.335 e. The maximum Gasteiger partial charge on any atom is 0.335 e. The SMILES string of the molecule is CS(=O)(=O)c1csc(-n2c(=O)n(CC=O)c3ccccc32)n1. The van der Waals surface area contributed by atoms with Crippen LogP contribution in [0.2, 0.25) is 0 Å². The van der Waals surface area contributed by atoms with E-state index in [1.54, 1.807) is 24.3 Å². The lowest BCUT2D eigenvalue weighted by Gasteiger charge is -1.96. The summed E-state index contributed by atoms with van der Waals surface area (Å²) >= 11 is 1.06. The first-order valence-electron chi connectivity index (χ1n) is 6.23. The van der Waals surface area contributed by atoms with Crippen molar-refractivity contribution in [1.82, 2.24) is 14.1 Å². The Labute approximate surface area is 129 Å². The summed E-state index contributed by atoms with van der Waals surface area (Å²) in [7, 11) is -3.44. The highest BCUT2D eigenvalue weighted by Crippen LogP contribution is 2.22. The van der Waals surface area contributed by atoms with Crippen molar-refractivity contribution in [1.29, 1.82) is 0 Å². The second kappa shape index (κ2) is 5.18. The van der Waals surface area contributed by atoms with Crippen LogP contribution in [0.1, 0.15) is 0 Å². The molecule has 7 nitrogen and oxygen atoms in total. The zero-order valence-corrected chi connectivity index (χ0v) is 13.1. The summed E-state index contributed by atoms with van der Waals surface area (Å²) in [4.78, 5) is 27.3. The molecule has 0 fully saturated rings. The Morgan fingerprint density at radius 3 is 2.55 bits per heavy atom. The monoisotopic (exact) mass is 337 g/mol. The number of hydrogen-bond acceptors (Lipinski definition) is 6. The number of benzene rings is 1. The zero-order chi connectivity index (χ0) is 15.9. The summed E-state index contributed by atoms with van der Waals surface area (Å²) in [6, 6.07) is 6.97. The molecule has 3 aromatic rings. The molecule has 1 aromatic carbocycles. The topological polar surface area (TPSA) is 91.0 Å². The average molecular weight is 337 g/mol. The van der Waals surface area contributed by atoms with Crippen LogP contribution >= 0.6 is 11.3 Å². The summed E-state index contributed by atoms with van der Waals surface area (Å²) in [5.41, 5.74) is 0.738. The number of sulfone groups is 1. The van der Waals surface area contributed by atoms with Gasteiger partial charge in [-0.15, -0.1) is 11.3 Å². The summed E-state index contributed by atoms with van der Waals surface area (Å²) in [5, 5.41) is 1.57. The van der Waals surface area contributed by atoms with Crippen molar-refractivity contribution in [2.75, 3.05) is 6.26 Å². The van der Waals surface area contributed by atoms with Gasteiger partial charge in [-0.05, 0) is 12.1 Å². The van der Waals surface area contributed by atoms with E-state index in [-0.39, 0.29) is 16.7 Å². The molecule has 9 heteroatoms. The van der Waals surface area contributed by atoms with Crippen molar-refractivity contribution < 1.29 is 13.2 Å². The number of aldehydes is 1. The number of para-hydroxylation sites is 2. The fraction of sp³-hybridized carbons (Fsp3) is 0.154. The van der Waals surface area contributed by atoms with E-state index in [0.29, 0.717) is 17.3 Å². The van der Waals surface area contributed by atoms with E-state index < -0.39 is 15.5 Å². The number of thiazole rings is 1. The first-order valence-corrected chi connectivity index (χ1v) is 9.00. The van der Waals surface area contributed by atoms with E-state index in [2.05, 4.69) is 4.98 Å². The molecule has 0 amide bonds. The van der Waals surface area contributed by atoms with Gasteiger partial charge in [0, 0.05) is 11.6 Å². The molecule has 2 aromatic heterocycles. The molecule has 0 aliphatic carbocycles. The molecule has 0 unspecified atom stereocenters. The molecule has 22 heavy (non-hydrogen) atoms. The number of carbonyl (C=O) groups is 1. The Bertz CT molecular complexity index is 1030. The minimum Gasteiger partial charge on any atom is -0.301 e. The lowest BCUT2D eigenvalue weighted by atomic mass is 10.3. The van der Waals surface area contributed by atoms with Gasteiger partial charge < -0.3 is 4.79 Å². The number of rotatable bonds is 4. The lowest BCUT2D eigenvalue weighted by Crippen LogP contribution is -2.23. The Balaban J connectivity index is 2.32. The van der Waals surface area contributed by atoms with Crippen molar-refractivity contribution in [2.45, 2.75) is 11.6 Å². The van der Waals surface area contributed by atoms with E-state index in [9.17, 15) is 18.0 Å². The molecular formula is C13H11N3O4S2. The van der Waals surface area contributed by atoms with Crippen molar-refractivity contribution in [3.8, 4) is 5.13 Å². The number of imidazole rings is 1. The maximum atomic E-state index is 12.5. The van der Waals surface area contributed by atoms with Gasteiger partial charge in [-0.2, -0.15) is 0 Å². The third kappa shape index (κ3) is 2.28. The molecular weight excluding hydrogens is 326 g/mol. The smallest absolute Gasteiger partial charge is 0.301 e. The third-order valence-electron chi connectivity index (χ3n) is 3.13. The molecule has 0 N–H and O–H groups in total. The Morgan fingerprint density at radius 2 is 1.95 bits per heavy atom. The number of fused-ring (bicyclic) bond motifs is 1. The van der Waals surface area contributed by atoms with Gasteiger partial charge in [-0.3, -0.25) is 4.57 Å². The molecule has 2 heterocycles. The van der Waals surface area contributed by atoms with Gasteiger partial charge in [0.1, 0.15) is 6.29 Å². The zero-order valence-electron chi connectivity index (χ0n) is 11.5. The molecule has 0 saturated carbocycles. The van der Waals surface area contributed by atoms with Gasteiger partial charge in [0.2, 0.25) is 0 Å². The third-order valence-corrected chi connectivity index (χ3v) is 5.08. The van der Waals surface area contributed by atoms with E-state index >= 15 is 0 Å². The van der Waals surface area contributed by atoms with Gasteiger partial charge in [-0.1, -0.05) is 12.1 Å². The van der Waals surface area contributed by atoms with Crippen LogP contribution in [0.3, 0.4) is 0 Å². The summed E-state index contributed by atoms with van der Waals surface area (Å²) in [6.45, 7) is -0.0728. The standard InChI is InChI=1S/C13H11N3O4S2/c1-22(19,20)11-8-21-12(14-11)16-10-5-3-2-4-9(10)15(6-7-17)13(16)18/h2-5,7-8H,6H2,1H3. The van der Waals surface area contributed by atoms with Crippen LogP contribution in [0.25, 0.3) is 16.2 Å². The normalized spacial score (nSPS) is 11.9. The first kappa shape index (κ1) is 14.7. The van der Waals surface area contributed by atoms with Crippen molar-refractivity contribution in [3.05, 3.63) is 40.1 Å². The van der Waals surface area contributed by atoms with Crippen LogP contribution < -0.4 is 5.69 Å². The van der Waals surface area contributed by atoms with E-state index in [1.165, 1.54) is 14.5 Å². The quantitative estimate of drug-likeness (QED) is 0.658. The van der Waals surface area contributed by atoms with Crippen LogP contribution in [-0.2, 0) is 21.2 Å². The van der Waals surface area contributed by atoms with E-state index in [1.807, 2.05) is 0 Å². The number of hydrogen-bond donors (Lipinski definition) is 0. The highest BCUT2D eigenvalue weighted by molar-refractivity contribution is 7.90. The van der Waals surface area contributed by atoms with Crippen molar-refractivity contribution in [3.63, 3.8) is 0 Å². The molecule has 0 aliphatic heterocycles. The first-order chi connectivity index (χ1) is 10.4. The van der Waals surface area contributed by atoms with Crippen LogP contribution in [-0.4, -0.2) is 35.1 Å². The summed E-state index contributed by atoms with van der Waals surface area (Å²) in [5.74, 6) is 0. The van der Waals surface area contributed by atoms with Crippen LogP contribution in [0, 0.1) is 0 Å². The van der Waals surface area contributed by atoms with Crippen molar-refractivity contribution in [2.24, 2.45) is 0 Å². The molecule has 0 spiro atoms. The molecule has 0 atom stereocenters. The van der Waals surface area contributed by atoms with Gasteiger partial charge >= 0.3 is 5.69 Å². The highest BCUT2D eigenvalue weighted by Gasteiger charge is 2.19. The number of carbonyl (C=O) groups excluding carboxylic acids is 1. The van der Waals surface area contributed by atoms with Crippen LogP contribution in [0.5, 0.6) is 0 Å². The lowest BCUT2D eigenvalue weighted by molar-refractivity contribution is -0.108. The minimum absolute atomic E-state index is 0.0728. The van der Waals surface area contributed by atoms with Gasteiger partial charge in [-0.25, -0.2) is 22.8 Å². The molecule has 114 valence electrons. The Hall–Kier alpha value is -2.26. The van der Waals surface area contributed by atoms with Gasteiger partial charge in [0.05, 0.1) is 17.6 Å². The van der Waals surface area contributed by atoms with Gasteiger partial charge in [0.25, 0.3) is 0 Å². The molecule has 0 radical (unpaired) electrons. The van der Waals surface area contributed by atoms with Crippen LogP contribution in [0.15, 0.2) is 39.5 Å². The van der Waals surface area contributed by atoms with E-state index in [0.717, 1.165) is 17.6 Å². The van der Waals surface area contributed by atoms with E-state index in [4.69, 9.17) is 0 Å². The Kier molecular flexibility index (Phi) is 3.45. The fourth-order valence-electron chi connectivity index (χ4n) is 2.17. The molecule has 0 saturated heterocycles. The van der Waals surface area contributed by atoms with Crippen molar-refractivity contribution >= 4 is 38.5 Å². The maximum absolute atomic E-state index is 12.5. The molecule has 3 rings (SSSR count). The number of nitrogens with zero attached hydrogens (tertiary/aromatic N) is 3. The van der Waals surface area contributed by atoms with Gasteiger partial charge in [0.15, 0.2) is 20.0 Å². The Morgan fingerprint density at radius 1 is 1.27 bits per heavy atom. The minimum atomic E-state index is -3.44. The predicted octanol–water partition coefficient (Wildman–Crippen LogP) is 0.851. The molecule has 0 aliphatic rings. The predicted molar refractivity (Wildman–Crippen MR) is 82.4 cm³/mol. The highest BCUT2D eigenvalue weighted by atomic mass is 32.2. The summed E-state index contributed by atoms with van der Waals surface area (Å²) in [6.07, 6.45) is 1.70.